The molecule has 5 nitrogen and oxygen atoms in total. The van der Waals surface area contributed by atoms with Gasteiger partial charge in [0.2, 0.25) is 7.37 Å². The largest absolute Gasteiger partial charge is 0.481 e. The molecule has 2 N–H and O–H groups in total. The molecule has 0 spiro atoms. The fraction of sp³-hybridized carbons (Fsp3) is 0.357. The van der Waals surface area contributed by atoms with Crippen LogP contribution in [-0.4, -0.2) is 35.0 Å². The van der Waals surface area contributed by atoms with Crippen LogP contribution in [0.1, 0.15) is 12.5 Å². The summed E-state index contributed by atoms with van der Waals surface area (Å²) in [5.41, 5.74) is 0.755. The number of benzene rings is 1. The van der Waals surface area contributed by atoms with Crippen LogP contribution in [0.3, 0.4) is 0 Å². The van der Waals surface area contributed by atoms with Crippen molar-refractivity contribution >= 4 is 24.2 Å². The zero-order valence-corrected chi connectivity index (χ0v) is 12.4. The Morgan fingerprint density at radius 3 is 2.80 bits per heavy atom. The van der Waals surface area contributed by atoms with Crippen molar-refractivity contribution in [3.05, 3.63) is 36.0 Å². The number of hydrogen-bond acceptors (Lipinski definition) is 3. The number of aromatic amines is 1. The van der Waals surface area contributed by atoms with Gasteiger partial charge in [0.05, 0.1) is 6.61 Å². The molecule has 0 bridgehead atoms. The van der Waals surface area contributed by atoms with E-state index in [1.807, 2.05) is 24.3 Å². The first kappa shape index (κ1) is 14.8. The van der Waals surface area contributed by atoms with E-state index in [9.17, 15) is 14.5 Å². The van der Waals surface area contributed by atoms with Gasteiger partial charge in [0, 0.05) is 23.8 Å². The Balaban J connectivity index is 2.34. The first-order valence-electron chi connectivity index (χ1n) is 6.45. The molecule has 1 aromatic heterocycles. The van der Waals surface area contributed by atoms with Crippen LogP contribution in [-0.2, 0) is 20.3 Å². The van der Waals surface area contributed by atoms with Crippen molar-refractivity contribution in [2.24, 2.45) is 0 Å². The molecule has 1 heterocycles. The Labute approximate surface area is 117 Å². The van der Waals surface area contributed by atoms with Gasteiger partial charge in [0.15, 0.2) is 0 Å². The SMILES string of the molecule is CCO[P@](C)(=O)[C@H](Cc1c[nH]c2ccccc12)C(=O)O. The maximum Gasteiger partial charge on any atom is 0.316 e. The molecule has 0 aliphatic heterocycles. The van der Waals surface area contributed by atoms with E-state index in [4.69, 9.17) is 4.52 Å². The fourth-order valence-corrected chi connectivity index (χ4v) is 3.93. The van der Waals surface area contributed by atoms with Crippen molar-refractivity contribution in [2.45, 2.75) is 19.0 Å². The molecular formula is C14H18NO4P. The van der Waals surface area contributed by atoms with Crippen LogP contribution in [0.15, 0.2) is 30.5 Å². The van der Waals surface area contributed by atoms with Crippen LogP contribution in [0.5, 0.6) is 0 Å². The summed E-state index contributed by atoms with van der Waals surface area (Å²) in [6, 6.07) is 7.63. The molecular weight excluding hydrogens is 277 g/mol. The van der Waals surface area contributed by atoms with Crippen LogP contribution in [0.2, 0.25) is 0 Å². The Morgan fingerprint density at radius 1 is 1.45 bits per heavy atom. The third-order valence-electron chi connectivity index (χ3n) is 3.32. The smallest absolute Gasteiger partial charge is 0.316 e. The summed E-state index contributed by atoms with van der Waals surface area (Å²) < 4.78 is 17.6. The van der Waals surface area contributed by atoms with E-state index in [0.29, 0.717) is 0 Å². The van der Waals surface area contributed by atoms with Crippen molar-refractivity contribution in [3.63, 3.8) is 0 Å². The molecule has 2 atom stereocenters. The van der Waals surface area contributed by atoms with Crippen LogP contribution < -0.4 is 0 Å². The second-order valence-corrected chi connectivity index (χ2v) is 7.44. The highest BCUT2D eigenvalue weighted by molar-refractivity contribution is 7.59. The number of fused-ring (bicyclic) bond motifs is 1. The number of carbonyl (C=O) groups is 1. The van der Waals surface area contributed by atoms with Crippen molar-refractivity contribution in [3.8, 4) is 0 Å². The number of aliphatic carboxylic acids is 1. The molecule has 0 aliphatic rings. The summed E-state index contributed by atoms with van der Waals surface area (Å²) in [5, 5.41) is 10.3. The summed E-state index contributed by atoms with van der Waals surface area (Å²) in [7, 11) is -3.19. The van der Waals surface area contributed by atoms with Crippen LogP contribution in [0.4, 0.5) is 0 Å². The Kier molecular flexibility index (Phi) is 4.31. The van der Waals surface area contributed by atoms with Gasteiger partial charge in [-0.25, -0.2) is 0 Å². The van der Waals surface area contributed by atoms with E-state index in [1.54, 1.807) is 13.1 Å². The topological polar surface area (TPSA) is 79.4 Å². The normalized spacial score (nSPS) is 15.9. The number of hydrogen-bond donors (Lipinski definition) is 2. The lowest BCUT2D eigenvalue weighted by Gasteiger charge is -2.20. The summed E-state index contributed by atoms with van der Waals surface area (Å²) in [4.78, 5) is 14.5. The van der Waals surface area contributed by atoms with E-state index in [1.165, 1.54) is 6.66 Å². The lowest BCUT2D eigenvalue weighted by molar-refractivity contribution is -0.136. The standard InChI is InChI=1S/C14H18NO4P/c1-3-19-20(2,18)13(14(16)17)8-10-9-15-12-7-5-4-6-11(10)12/h4-7,9,13,15H,3,8H2,1-2H3,(H,16,17)/t13-,20+/m1/s1. The van der Waals surface area contributed by atoms with E-state index in [0.717, 1.165) is 16.5 Å². The molecule has 0 aliphatic carbocycles. The zero-order valence-electron chi connectivity index (χ0n) is 11.5. The van der Waals surface area contributed by atoms with Gasteiger partial charge in [-0.15, -0.1) is 0 Å². The minimum absolute atomic E-state index is 0.188. The average Bonchev–Trinajstić information content (AvgIpc) is 2.78. The predicted octanol–water partition coefficient (Wildman–Crippen LogP) is 3.11. The number of aromatic nitrogens is 1. The highest BCUT2D eigenvalue weighted by Crippen LogP contribution is 2.49. The van der Waals surface area contributed by atoms with Gasteiger partial charge in [-0.3, -0.25) is 9.36 Å². The van der Waals surface area contributed by atoms with E-state index in [2.05, 4.69) is 4.98 Å². The highest BCUT2D eigenvalue weighted by Gasteiger charge is 2.35. The van der Waals surface area contributed by atoms with Crippen LogP contribution in [0, 0.1) is 0 Å². The monoisotopic (exact) mass is 295 g/mol. The number of rotatable bonds is 6. The molecule has 0 saturated heterocycles. The van der Waals surface area contributed by atoms with Gasteiger partial charge in [-0.2, -0.15) is 0 Å². The van der Waals surface area contributed by atoms with Crippen molar-refractivity contribution in [1.29, 1.82) is 0 Å². The molecule has 2 rings (SSSR count). The van der Waals surface area contributed by atoms with Gasteiger partial charge in [0.1, 0.15) is 5.66 Å². The Bertz CT molecular complexity index is 664. The Hall–Kier alpha value is -1.58. The van der Waals surface area contributed by atoms with Gasteiger partial charge in [-0.05, 0) is 25.0 Å². The minimum Gasteiger partial charge on any atom is -0.481 e. The second kappa shape index (κ2) is 5.81. The van der Waals surface area contributed by atoms with Gasteiger partial charge in [0.25, 0.3) is 0 Å². The summed E-state index contributed by atoms with van der Waals surface area (Å²) >= 11 is 0. The molecule has 0 radical (unpaired) electrons. The lowest BCUT2D eigenvalue weighted by Crippen LogP contribution is -2.24. The summed E-state index contributed by atoms with van der Waals surface area (Å²) in [6.45, 7) is 3.34. The molecule has 20 heavy (non-hydrogen) atoms. The lowest BCUT2D eigenvalue weighted by atomic mass is 10.1. The Morgan fingerprint density at radius 2 is 2.15 bits per heavy atom. The third-order valence-corrected chi connectivity index (χ3v) is 5.63. The molecule has 6 heteroatoms. The summed E-state index contributed by atoms with van der Waals surface area (Å²) in [5.74, 6) is -1.09. The molecule has 108 valence electrons. The molecule has 2 aromatic rings. The van der Waals surface area contributed by atoms with Crippen molar-refractivity contribution in [2.75, 3.05) is 13.3 Å². The first-order valence-corrected chi connectivity index (χ1v) is 8.59. The van der Waals surface area contributed by atoms with E-state index >= 15 is 0 Å². The molecule has 0 fully saturated rings. The molecule has 0 unspecified atom stereocenters. The third kappa shape index (κ3) is 2.94. The number of carboxylic acids is 1. The number of para-hydroxylation sites is 1. The van der Waals surface area contributed by atoms with E-state index in [-0.39, 0.29) is 13.0 Å². The van der Waals surface area contributed by atoms with Gasteiger partial charge in [-0.1, -0.05) is 18.2 Å². The highest BCUT2D eigenvalue weighted by atomic mass is 31.2. The number of nitrogens with one attached hydrogen (secondary N) is 1. The quantitative estimate of drug-likeness (QED) is 0.802. The van der Waals surface area contributed by atoms with Crippen molar-refractivity contribution in [1.82, 2.24) is 4.98 Å². The number of carboxylic acid groups (broad SMARTS) is 1. The molecule has 1 aromatic carbocycles. The first-order chi connectivity index (χ1) is 9.45. The predicted molar refractivity (Wildman–Crippen MR) is 78.6 cm³/mol. The molecule has 0 amide bonds. The van der Waals surface area contributed by atoms with Crippen LogP contribution in [0.25, 0.3) is 10.9 Å². The average molecular weight is 295 g/mol. The maximum atomic E-state index is 12.4. The number of H-pyrrole nitrogens is 1. The maximum absolute atomic E-state index is 12.4. The van der Waals surface area contributed by atoms with Gasteiger partial charge >= 0.3 is 5.97 Å². The van der Waals surface area contributed by atoms with Gasteiger partial charge < -0.3 is 14.6 Å². The van der Waals surface area contributed by atoms with Crippen LogP contribution >= 0.6 is 7.37 Å². The molecule has 0 saturated carbocycles. The minimum atomic E-state index is -3.19. The van der Waals surface area contributed by atoms with Crippen molar-refractivity contribution < 1.29 is 19.0 Å². The van der Waals surface area contributed by atoms with E-state index < -0.39 is 19.0 Å². The second-order valence-electron chi connectivity index (χ2n) is 4.74. The summed E-state index contributed by atoms with van der Waals surface area (Å²) in [6.07, 6.45) is 1.96. The zero-order chi connectivity index (χ0) is 14.8. The fourth-order valence-electron chi connectivity index (χ4n) is 2.31.